The molecule has 0 aliphatic carbocycles. The summed E-state index contributed by atoms with van der Waals surface area (Å²) in [5.74, 6) is 0.363. The number of aromatic hydroxyl groups is 1. The molecule has 0 aliphatic rings. The summed E-state index contributed by atoms with van der Waals surface area (Å²) in [6.45, 7) is 0.314. The third-order valence-electron chi connectivity index (χ3n) is 2.11. The summed E-state index contributed by atoms with van der Waals surface area (Å²) in [7, 11) is 1.47. The van der Waals surface area contributed by atoms with Gasteiger partial charge in [0.05, 0.1) is 18.2 Å². The van der Waals surface area contributed by atoms with E-state index < -0.39 is 6.10 Å². The number of aliphatic hydroxyl groups is 1. The molecule has 0 amide bonds. The predicted octanol–water partition coefficient (Wildman–Crippen LogP) is 1.44. The van der Waals surface area contributed by atoms with Crippen LogP contribution < -0.4 is 10.5 Å². The van der Waals surface area contributed by atoms with Crippen molar-refractivity contribution >= 4 is 11.6 Å². The SMILES string of the molecule is COc1ccc(O)c(C(O)CCN)c1Cl. The van der Waals surface area contributed by atoms with Crippen LogP contribution in [0.15, 0.2) is 12.1 Å². The first kappa shape index (κ1) is 12.1. The van der Waals surface area contributed by atoms with Crippen molar-refractivity contribution in [3.05, 3.63) is 22.7 Å². The normalized spacial score (nSPS) is 12.5. The van der Waals surface area contributed by atoms with Crippen molar-refractivity contribution in [2.75, 3.05) is 13.7 Å². The van der Waals surface area contributed by atoms with E-state index in [2.05, 4.69) is 0 Å². The highest BCUT2D eigenvalue weighted by Gasteiger charge is 2.18. The smallest absolute Gasteiger partial charge is 0.138 e. The first-order chi connectivity index (χ1) is 7.11. The van der Waals surface area contributed by atoms with Crippen LogP contribution in [0.3, 0.4) is 0 Å². The molecule has 1 aromatic rings. The highest BCUT2D eigenvalue weighted by atomic mass is 35.5. The van der Waals surface area contributed by atoms with Gasteiger partial charge in [0.15, 0.2) is 0 Å². The maximum atomic E-state index is 9.72. The van der Waals surface area contributed by atoms with Crippen LogP contribution in [0.1, 0.15) is 18.1 Å². The second-order valence-electron chi connectivity index (χ2n) is 3.11. The fraction of sp³-hybridized carbons (Fsp3) is 0.400. The number of hydrogen-bond donors (Lipinski definition) is 3. The van der Waals surface area contributed by atoms with Crippen LogP contribution in [0.25, 0.3) is 0 Å². The Balaban J connectivity index is 3.14. The maximum absolute atomic E-state index is 9.72. The van der Waals surface area contributed by atoms with E-state index in [0.717, 1.165) is 0 Å². The van der Waals surface area contributed by atoms with Crippen molar-refractivity contribution in [3.63, 3.8) is 0 Å². The van der Waals surface area contributed by atoms with Gasteiger partial charge in [-0.2, -0.15) is 0 Å². The van der Waals surface area contributed by atoms with Gasteiger partial charge in [-0.25, -0.2) is 0 Å². The third-order valence-corrected chi connectivity index (χ3v) is 2.50. The summed E-state index contributed by atoms with van der Waals surface area (Å²) < 4.78 is 4.98. The molecule has 1 unspecified atom stereocenters. The Hall–Kier alpha value is -0.970. The summed E-state index contributed by atoms with van der Waals surface area (Å²) in [5, 5.41) is 19.5. The molecule has 84 valence electrons. The predicted molar refractivity (Wildman–Crippen MR) is 58.3 cm³/mol. The number of nitrogens with two attached hydrogens (primary N) is 1. The molecule has 0 saturated heterocycles. The molecule has 1 rings (SSSR count). The molecule has 0 heterocycles. The number of benzene rings is 1. The van der Waals surface area contributed by atoms with Gasteiger partial charge in [0.2, 0.25) is 0 Å². The number of hydrogen-bond acceptors (Lipinski definition) is 4. The molecule has 0 radical (unpaired) electrons. The van der Waals surface area contributed by atoms with Gasteiger partial charge in [0.25, 0.3) is 0 Å². The first-order valence-corrected chi connectivity index (χ1v) is 4.93. The van der Waals surface area contributed by atoms with E-state index in [1.807, 2.05) is 0 Å². The van der Waals surface area contributed by atoms with Crippen LogP contribution in [0.2, 0.25) is 5.02 Å². The minimum absolute atomic E-state index is 0.0539. The largest absolute Gasteiger partial charge is 0.508 e. The maximum Gasteiger partial charge on any atom is 0.138 e. The van der Waals surface area contributed by atoms with Gasteiger partial charge in [-0.15, -0.1) is 0 Å². The van der Waals surface area contributed by atoms with E-state index in [4.69, 9.17) is 22.1 Å². The average Bonchev–Trinajstić information content (AvgIpc) is 2.18. The molecule has 5 heteroatoms. The van der Waals surface area contributed by atoms with Gasteiger partial charge >= 0.3 is 0 Å². The van der Waals surface area contributed by atoms with Crippen LogP contribution in [0, 0.1) is 0 Å². The molecule has 0 saturated carbocycles. The van der Waals surface area contributed by atoms with Crippen molar-refractivity contribution in [2.24, 2.45) is 5.73 Å². The van der Waals surface area contributed by atoms with Crippen LogP contribution >= 0.6 is 11.6 Å². The van der Waals surface area contributed by atoms with E-state index in [1.54, 1.807) is 0 Å². The molecular formula is C10H14ClNO3. The molecule has 0 spiro atoms. The van der Waals surface area contributed by atoms with Gasteiger partial charge in [0.1, 0.15) is 11.5 Å². The number of rotatable bonds is 4. The van der Waals surface area contributed by atoms with Crippen molar-refractivity contribution in [1.29, 1.82) is 0 Å². The number of halogens is 1. The summed E-state index contributed by atoms with van der Waals surface area (Å²) in [5.41, 5.74) is 5.59. The summed E-state index contributed by atoms with van der Waals surface area (Å²) in [6, 6.07) is 2.97. The summed E-state index contributed by atoms with van der Waals surface area (Å²) >= 11 is 5.96. The van der Waals surface area contributed by atoms with Gasteiger partial charge in [0, 0.05) is 5.56 Å². The Bertz CT molecular complexity index is 344. The molecular weight excluding hydrogens is 218 g/mol. The monoisotopic (exact) mass is 231 g/mol. The lowest BCUT2D eigenvalue weighted by Gasteiger charge is -2.15. The standard InChI is InChI=1S/C10H14ClNO3/c1-15-8-3-2-6(13)9(10(8)11)7(14)4-5-12/h2-3,7,13-14H,4-5,12H2,1H3. The molecule has 1 aromatic carbocycles. The Kier molecular flexibility index (Phi) is 4.20. The van der Waals surface area contributed by atoms with Gasteiger partial charge in [-0.05, 0) is 25.1 Å². The molecule has 15 heavy (non-hydrogen) atoms. The minimum atomic E-state index is -0.877. The van der Waals surface area contributed by atoms with Gasteiger partial charge < -0.3 is 20.7 Å². The molecule has 0 fully saturated rings. The summed E-state index contributed by atoms with van der Waals surface area (Å²) in [4.78, 5) is 0. The number of ether oxygens (including phenoxy) is 1. The van der Waals surface area contributed by atoms with Gasteiger partial charge in [-0.3, -0.25) is 0 Å². The van der Waals surface area contributed by atoms with Crippen LogP contribution in [-0.2, 0) is 0 Å². The van der Waals surface area contributed by atoms with Crippen molar-refractivity contribution in [3.8, 4) is 11.5 Å². The molecule has 4 N–H and O–H groups in total. The lowest BCUT2D eigenvalue weighted by molar-refractivity contribution is 0.166. The highest BCUT2D eigenvalue weighted by Crippen LogP contribution is 2.38. The number of methoxy groups -OCH3 is 1. The zero-order chi connectivity index (χ0) is 11.4. The first-order valence-electron chi connectivity index (χ1n) is 4.55. The van der Waals surface area contributed by atoms with E-state index in [-0.39, 0.29) is 16.3 Å². The van der Waals surface area contributed by atoms with E-state index >= 15 is 0 Å². The second kappa shape index (κ2) is 5.21. The number of phenols is 1. The lowest BCUT2D eigenvalue weighted by atomic mass is 10.0. The molecule has 0 aromatic heterocycles. The third kappa shape index (κ3) is 2.53. The summed E-state index contributed by atoms with van der Waals surface area (Å²) in [6.07, 6.45) is -0.543. The van der Waals surface area contributed by atoms with E-state index in [1.165, 1.54) is 19.2 Å². The van der Waals surface area contributed by atoms with Crippen molar-refractivity contribution < 1.29 is 14.9 Å². The molecule has 4 nitrogen and oxygen atoms in total. The van der Waals surface area contributed by atoms with E-state index in [0.29, 0.717) is 18.7 Å². The fourth-order valence-corrected chi connectivity index (χ4v) is 1.70. The van der Waals surface area contributed by atoms with Crippen LogP contribution in [0.5, 0.6) is 11.5 Å². The molecule has 1 atom stereocenters. The number of aliphatic hydroxyl groups excluding tert-OH is 1. The van der Waals surface area contributed by atoms with Crippen molar-refractivity contribution in [2.45, 2.75) is 12.5 Å². The zero-order valence-corrected chi connectivity index (χ0v) is 9.16. The van der Waals surface area contributed by atoms with Crippen LogP contribution in [0.4, 0.5) is 0 Å². The van der Waals surface area contributed by atoms with E-state index in [9.17, 15) is 10.2 Å². The quantitative estimate of drug-likeness (QED) is 0.733. The Morgan fingerprint density at radius 2 is 2.20 bits per heavy atom. The topological polar surface area (TPSA) is 75.7 Å². The Morgan fingerprint density at radius 3 is 2.73 bits per heavy atom. The molecule has 0 aliphatic heterocycles. The average molecular weight is 232 g/mol. The Morgan fingerprint density at radius 1 is 1.53 bits per heavy atom. The van der Waals surface area contributed by atoms with Crippen LogP contribution in [-0.4, -0.2) is 23.9 Å². The fourth-order valence-electron chi connectivity index (χ4n) is 1.34. The highest BCUT2D eigenvalue weighted by molar-refractivity contribution is 6.33. The molecule has 0 bridgehead atoms. The second-order valence-corrected chi connectivity index (χ2v) is 3.49. The van der Waals surface area contributed by atoms with Crippen molar-refractivity contribution in [1.82, 2.24) is 0 Å². The number of phenolic OH excluding ortho intramolecular Hbond substituents is 1. The lowest BCUT2D eigenvalue weighted by Crippen LogP contribution is -2.07. The zero-order valence-electron chi connectivity index (χ0n) is 8.40. The van der Waals surface area contributed by atoms with Gasteiger partial charge in [-0.1, -0.05) is 11.6 Å². The minimum Gasteiger partial charge on any atom is -0.508 e. The Labute approximate surface area is 93.2 Å².